The zero-order valence-electron chi connectivity index (χ0n) is 18.7. The van der Waals surface area contributed by atoms with Gasteiger partial charge in [0.1, 0.15) is 5.00 Å². The summed E-state index contributed by atoms with van der Waals surface area (Å²) < 4.78 is 7.11. The van der Waals surface area contributed by atoms with Crippen molar-refractivity contribution in [2.24, 2.45) is 0 Å². The Labute approximate surface area is 205 Å². The first-order valence-corrected chi connectivity index (χ1v) is 13.5. The number of nitrogens with one attached hydrogen (secondary N) is 1. The molecule has 0 spiro atoms. The average Bonchev–Trinajstić information content (AvgIpc) is 3.49. The van der Waals surface area contributed by atoms with Gasteiger partial charge >= 0.3 is 5.97 Å². The topological polar surface area (TPSA) is 86.1 Å². The van der Waals surface area contributed by atoms with Gasteiger partial charge in [0.2, 0.25) is 5.91 Å². The number of thioether (sulfide) groups is 1. The van der Waals surface area contributed by atoms with Crippen LogP contribution in [0.25, 0.3) is 11.4 Å². The van der Waals surface area contributed by atoms with Crippen molar-refractivity contribution < 1.29 is 14.3 Å². The molecule has 3 heterocycles. The third-order valence-corrected chi connectivity index (χ3v) is 8.29. The van der Waals surface area contributed by atoms with Crippen molar-refractivity contribution in [1.82, 2.24) is 14.8 Å². The maximum absolute atomic E-state index is 12.7. The fraction of sp³-hybridized carbons (Fsp3) is 0.391. The van der Waals surface area contributed by atoms with Crippen LogP contribution in [-0.2, 0) is 28.9 Å². The number of aryl methyl sites for hydroxylation is 2. The number of allylic oxidation sites excluding steroid dienone is 1. The van der Waals surface area contributed by atoms with Crippen LogP contribution < -0.4 is 5.32 Å². The van der Waals surface area contributed by atoms with Crippen molar-refractivity contribution in [2.75, 3.05) is 17.7 Å². The molecule has 0 aromatic carbocycles. The van der Waals surface area contributed by atoms with Crippen LogP contribution in [0.1, 0.15) is 45.4 Å². The number of aromatic nitrogens is 3. The van der Waals surface area contributed by atoms with Crippen molar-refractivity contribution in [3.8, 4) is 11.4 Å². The Morgan fingerprint density at radius 1 is 1.33 bits per heavy atom. The second-order valence-corrected chi connectivity index (χ2v) is 10.8. The van der Waals surface area contributed by atoms with E-state index >= 15 is 0 Å². The van der Waals surface area contributed by atoms with Gasteiger partial charge in [0.25, 0.3) is 0 Å². The molecular formula is C23H26N4O3S3. The number of ether oxygens (including phenoxy) is 1. The molecule has 0 saturated heterocycles. The Morgan fingerprint density at radius 2 is 2.15 bits per heavy atom. The fourth-order valence-electron chi connectivity index (χ4n) is 3.83. The molecule has 3 aromatic heterocycles. The summed E-state index contributed by atoms with van der Waals surface area (Å²) in [5, 5.41) is 15.0. The molecule has 0 atom stereocenters. The van der Waals surface area contributed by atoms with Gasteiger partial charge in [-0.05, 0) is 51.2 Å². The number of esters is 1. The van der Waals surface area contributed by atoms with E-state index in [2.05, 4.69) is 27.5 Å². The summed E-state index contributed by atoms with van der Waals surface area (Å²) in [5.41, 5.74) is 2.92. The molecule has 0 fully saturated rings. The Hall–Kier alpha value is -2.43. The number of fused-ring (bicyclic) bond motifs is 1. The van der Waals surface area contributed by atoms with Crippen LogP contribution in [-0.4, -0.2) is 39.0 Å². The number of thiophene rings is 2. The van der Waals surface area contributed by atoms with Crippen LogP contribution in [0.15, 0.2) is 29.3 Å². The molecule has 1 aliphatic rings. The van der Waals surface area contributed by atoms with Gasteiger partial charge in [-0.1, -0.05) is 17.8 Å². The van der Waals surface area contributed by atoms with E-state index in [1.165, 1.54) is 46.4 Å². The first-order chi connectivity index (χ1) is 16.0. The molecule has 10 heteroatoms. The second kappa shape index (κ2) is 10.7. The van der Waals surface area contributed by atoms with Gasteiger partial charge < -0.3 is 10.1 Å². The minimum Gasteiger partial charge on any atom is -0.462 e. The molecule has 33 heavy (non-hydrogen) atoms. The van der Waals surface area contributed by atoms with E-state index in [-0.39, 0.29) is 18.3 Å². The lowest BCUT2D eigenvalue weighted by atomic mass is 9.95. The molecule has 0 saturated carbocycles. The van der Waals surface area contributed by atoms with Crippen molar-refractivity contribution in [3.05, 3.63) is 45.0 Å². The van der Waals surface area contributed by atoms with Crippen LogP contribution >= 0.6 is 34.4 Å². The Bertz CT molecular complexity index is 1180. The van der Waals surface area contributed by atoms with Gasteiger partial charge in [-0.15, -0.1) is 39.4 Å². The molecule has 1 aliphatic carbocycles. The van der Waals surface area contributed by atoms with Crippen molar-refractivity contribution in [1.29, 1.82) is 0 Å². The number of amides is 1. The monoisotopic (exact) mass is 502 g/mol. The highest BCUT2D eigenvalue weighted by molar-refractivity contribution is 7.99. The zero-order valence-corrected chi connectivity index (χ0v) is 21.1. The third-order valence-electron chi connectivity index (χ3n) is 5.27. The lowest BCUT2D eigenvalue weighted by molar-refractivity contribution is -0.113. The summed E-state index contributed by atoms with van der Waals surface area (Å²) in [6.07, 6.45) is 6.46. The highest BCUT2D eigenvalue weighted by atomic mass is 32.2. The molecule has 4 rings (SSSR count). The van der Waals surface area contributed by atoms with Crippen LogP contribution in [0.5, 0.6) is 0 Å². The van der Waals surface area contributed by atoms with Crippen LogP contribution in [0.3, 0.4) is 0 Å². The number of hydrogen-bond donors (Lipinski definition) is 1. The summed E-state index contributed by atoms with van der Waals surface area (Å²) in [4.78, 5) is 27.2. The summed E-state index contributed by atoms with van der Waals surface area (Å²) in [6, 6.07) is 1.74. The maximum Gasteiger partial charge on any atom is 0.341 e. The number of hydrogen-bond acceptors (Lipinski definition) is 8. The van der Waals surface area contributed by atoms with E-state index in [4.69, 9.17) is 4.74 Å². The zero-order chi connectivity index (χ0) is 23.4. The average molecular weight is 503 g/mol. The molecular weight excluding hydrogens is 476 g/mol. The number of nitrogens with zero attached hydrogens (tertiary/aromatic N) is 3. The van der Waals surface area contributed by atoms with E-state index < -0.39 is 5.97 Å². The lowest BCUT2D eigenvalue weighted by Crippen LogP contribution is -2.16. The molecule has 0 aliphatic heterocycles. The van der Waals surface area contributed by atoms with Gasteiger partial charge in [0.05, 0.1) is 17.9 Å². The molecule has 0 unspecified atom stereocenters. The Morgan fingerprint density at radius 3 is 2.94 bits per heavy atom. The summed E-state index contributed by atoms with van der Waals surface area (Å²) >= 11 is 4.48. The molecule has 174 valence electrons. The number of rotatable bonds is 9. The van der Waals surface area contributed by atoms with Crippen molar-refractivity contribution >= 4 is 51.3 Å². The molecule has 0 radical (unpaired) electrons. The first-order valence-electron chi connectivity index (χ1n) is 10.9. The number of anilines is 1. The van der Waals surface area contributed by atoms with Gasteiger partial charge in [-0.3, -0.25) is 9.36 Å². The predicted octanol–water partition coefficient (Wildman–Crippen LogP) is 5.35. The van der Waals surface area contributed by atoms with E-state index in [0.29, 0.717) is 22.3 Å². The van der Waals surface area contributed by atoms with Crippen LogP contribution in [0, 0.1) is 6.92 Å². The normalized spacial score (nSPS) is 12.9. The summed E-state index contributed by atoms with van der Waals surface area (Å²) in [6.45, 7) is 8.37. The minimum atomic E-state index is -0.431. The molecule has 3 aromatic rings. The van der Waals surface area contributed by atoms with Gasteiger partial charge in [0, 0.05) is 27.2 Å². The Balaban J connectivity index is 1.48. The van der Waals surface area contributed by atoms with E-state index in [1.54, 1.807) is 24.3 Å². The fourth-order valence-corrected chi connectivity index (χ4v) is 6.62. The Kier molecular flexibility index (Phi) is 7.67. The van der Waals surface area contributed by atoms with Crippen LogP contribution in [0.2, 0.25) is 0 Å². The minimum absolute atomic E-state index is 0.149. The smallest absolute Gasteiger partial charge is 0.341 e. The summed E-state index contributed by atoms with van der Waals surface area (Å²) in [7, 11) is 0. The second-order valence-electron chi connectivity index (χ2n) is 7.62. The van der Waals surface area contributed by atoms with Gasteiger partial charge in [-0.25, -0.2) is 4.79 Å². The first kappa shape index (κ1) is 23.7. The predicted molar refractivity (Wildman–Crippen MR) is 135 cm³/mol. The van der Waals surface area contributed by atoms with E-state index in [0.717, 1.165) is 29.1 Å². The largest absolute Gasteiger partial charge is 0.462 e. The highest BCUT2D eigenvalue weighted by Crippen LogP contribution is 2.37. The molecule has 0 bridgehead atoms. The molecule has 7 nitrogen and oxygen atoms in total. The number of carbonyl (C=O) groups is 2. The van der Waals surface area contributed by atoms with E-state index in [1.807, 2.05) is 17.6 Å². The molecule has 1 amide bonds. The van der Waals surface area contributed by atoms with E-state index in [9.17, 15) is 9.59 Å². The number of carbonyl (C=O) groups excluding carboxylic acids is 2. The summed E-state index contributed by atoms with van der Waals surface area (Å²) in [5.74, 6) is 0.334. The van der Waals surface area contributed by atoms with Crippen LogP contribution in [0.4, 0.5) is 5.00 Å². The van der Waals surface area contributed by atoms with Crippen molar-refractivity contribution in [2.45, 2.75) is 51.2 Å². The van der Waals surface area contributed by atoms with Crippen molar-refractivity contribution in [3.63, 3.8) is 0 Å². The quantitative estimate of drug-likeness (QED) is 0.241. The maximum atomic E-state index is 12.7. The SMILES string of the molecule is C=CCn1c(SCC(=O)Nc2sc(C)cc2C(=O)OCC)nnc1-c1csc2c1CCCC2. The lowest BCUT2D eigenvalue weighted by Gasteiger charge is -2.13. The molecule has 1 N–H and O–H groups in total. The standard InChI is InChI=1S/C23H26N4O3S3/c1-4-10-27-20(17-12-31-18-9-7-6-8-15(17)18)25-26-23(27)32-13-19(28)24-21-16(11-14(3)33-21)22(29)30-5-2/h4,11-12H,1,5-10,13H2,2-3H3,(H,24,28). The third kappa shape index (κ3) is 5.23. The highest BCUT2D eigenvalue weighted by Gasteiger charge is 2.23. The van der Waals surface area contributed by atoms with Gasteiger partial charge in [-0.2, -0.15) is 0 Å². The van der Waals surface area contributed by atoms with Gasteiger partial charge in [0.15, 0.2) is 11.0 Å².